The van der Waals surface area contributed by atoms with E-state index in [2.05, 4.69) is 10.6 Å². The first kappa shape index (κ1) is 18.8. The fraction of sp³-hybridized carbons (Fsp3) is 0.0435. The van der Waals surface area contributed by atoms with Crippen LogP contribution < -0.4 is 10.6 Å². The van der Waals surface area contributed by atoms with Crippen LogP contribution in [0.1, 0.15) is 26.5 Å². The zero-order valence-corrected chi connectivity index (χ0v) is 16.3. The van der Waals surface area contributed by atoms with Crippen molar-refractivity contribution in [3.05, 3.63) is 94.7 Å². The van der Waals surface area contributed by atoms with Gasteiger partial charge in [-0.3, -0.25) is 9.59 Å². The highest BCUT2D eigenvalue weighted by Gasteiger charge is 2.23. The molecule has 0 bridgehead atoms. The number of para-hydroxylation sites is 1. The Balaban J connectivity index is 1.71. The molecule has 0 unspecified atom stereocenters. The number of aryl methyl sites for hydroxylation is 1. The molecule has 5 nitrogen and oxygen atoms in total. The third kappa shape index (κ3) is 3.86. The highest BCUT2D eigenvalue weighted by Crippen LogP contribution is 2.32. The molecule has 6 heteroatoms. The minimum absolute atomic E-state index is 0.0306. The number of halogens is 1. The summed E-state index contributed by atoms with van der Waals surface area (Å²) in [5, 5.41) is 6.84. The van der Waals surface area contributed by atoms with Crippen LogP contribution in [0.2, 0.25) is 5.02 Å². The molecule has 4 aromatic rings. The van der Waals surface area contributed by atoms with Gasteiger partial charge in [0.15, 0.2) is 0 Å². The number of carbonyl (C=O) groups is 2. The number of amides is 2. The Bertz CT molecular complexity index is 1210. The minimum atomic E-state index is -0.469. The van der Waals surface area contributed by atoms with E-state index in [1.54, 1.807) is 54.6 Å². The lowest BCUT2D eigenvalue weighted by atomic mass is 10.1. The molecule has 0 saturated heterocycles. The standard InChI is InChI=1S/C23H17ClN2O3/c1-14-6-2-3-7-17(14)22(27)26-20-18-8-4-5-9-19(18)29-21(20)23(28)25-16-12-10-15(24)11-13-16/h2-13H,1H3,(H,25,28)(H,26,27). The van der Waals surface area contributed by atoms with Crippen molar-refractivity contribution in [3.63, 3.8) is 0 Å². The Morgan fingerprint density at radius 2 is 1.52 bits per heavy atom. The van der Waals surface area contributed by atoms with Gasteiger partial charge < -0.3 is 15.1 Å². The van der Waals surface area contributed by atoms with Crippen molar-refractivity contribution in [3.8, 4) is 0 Å². The fourth-order valence-electron chi connectivity index (χ4n) is 3.06. The monoisotopic (exact) mass is 404 g/mol. The van der Waals surface area contributed by atoms with Gasteiger partial charge in [-0.15, -0.1) is 0 Å². The Hall–Kier alpha value is -3.57. The van der Waals surface area contributed by atoms with Gasteiger partial charge in [-0.1, -0.05) is 41.9 Å². The van der Waals surface area contributed by atoms with Gasteiger partial charge in [0, 0.05) is 21.7 Å². The van der Waals surface area contributed by atoms with E-state index in [9.17, 15) is 9.59 Å². The Morgan fingerprint density at radius 1 is 0.828 bits per heavy atom. The zero-order valence-electron chi connectivity index (χ0n) is 15.5. The molecule has 0 fully saturated rings. The summed E-state index contributed by atoms with van der Waals surface area (Å²) in [6.45, 7) is 1.86. The number of carbonyl (C=O) groups excluding carboxylic acids is 2. The smallest absolute Gasteiger partial charge is 0.293 e. The van der Waals surface area contributed by atoms with E-state index < -0.39 is 5.91 Å². The van der Waals surface area contributed by atoms with Crippen LogP contribution >= 0.6 is 11.6 Å². The lowest BCUT2D eigenvalue weighted by molar-refractivity contribution is 0.0999. The predicted molar refractivity (Wildman–Crippen MR) is 115 cm³/mol. The molecule has 144 valence electrons. The average molecular weight is 405 g/mol. The molecule has 1 aromatic heterocycles. The SMILES string of the molecule is Cc1ccccc1C(=O)Nc1c(C(=O)Nc2ccc(Cl)cc2)oc2ccccc12. The van der Waals surface area contributed by atoms with Gasteiger partial charge in [-0.05, 0) is 55.0 Å². The second-order valence-corrected chi connectivity index (χ2v) is 6.97. The number of anilines is 2. The Kier molecular flexibility index (Phi) is 5.06. The van der Waals surface area contributed by atoms with Crippen molar-refractivity contribution in [1.29, 1.82) is 0 Å². The first-order valence-electron chi connectivity index (χ1n) is 8.98. The first-order chi connectivity index (χ1) is 14.0. The van der Waals surface area contributed by atoms with Crippen LogP contribution in [0.25, 0.3) is 11.0 Å². The summed E-state index contributed by atoms with van der Waals surface area (Å²) in [5.41, 5.74) is 2.77. The molecule has 0 aliphatic carbocycles. The van der Waals surface area contributed by atoms with Crippen molar-refractivity contribution >= 4 is 45.8 Å². The number of rotatable bonds is 4. The summed E-state index contributed by atoms with van der Waals surface area (Å²) in [6, 6.07) is 21.2. The van der Waals surface area contributed by atoms with Crippen LogP contribution in [0.3, 0.4) is 0 Å². The summed E-state index contributed by atoms with van der Waals surface area (Å²) < 4.78 is 5.77. The first-order valence-corrected chi connectivity index (χ1v) is 9.36. The molecule has 0 atom stereocenters. The third-order valence-electron chi connectivity index (χ3n) is 4.53. The molecule has 1 heterocycles. The molecule has 2 amide bonds. The summed E-state index contributed by atoms with van der Waals surface area (Å²) >= 11 is 5.89. The number of hydrogen-bond acceptors (Lipinski definition) is 3. The van der Waals surface area contributed by atoms with Gasteiger partial charge in [0.1, 0.15) is 11.3 Å². The van der Waals surface area contributed by atoms with Crippen LogP contribution in [0.4, 0.5) is 11.4 Å². The zero-order chi connectivity index (χ0) is 20.4. The van der Waals surface area contributed by atoms with E-state index >= 15 is 0 Å². The van der Waals surface area contributed by atoms with Crippen molar-refractivity contribution in [1.82, 2.24) is 0 Å². The predicted octanol–water partition coefficient (Wildman–Crippen LogP) is 5.90. The summed E-state index contributed by atoms with van der Waals surface area (Å²) in [6.07, 6.45) is 0. The molecular formula is C23H17ClN2O3. The van der Waals surface area contributed by atoms with Gasteiger partial charge in [0.05, 0.1) is 0 Å². The highest BCUT2D eigenvalue weighted by atomic mass is 35.5. The molecule has 4 rings (SSSR count). The van der Waals surface area contributed by atoms with Gasteiger partial charge in [0.2, 0.25) is 5.76 Å². The molecule has 0 aliphatic heterocycles. The van der Waals surface area contributed by atoms with Gasteiger partial charge >= 0.3 is 0 Å². The number of furan rings is 1. The van der Waals surface area contributed by atoms with Gasteiger partial charge in [-0.2, -0.15) is 0 Å². The molecule has 0 spiro atoms. The topological polar surface area (TPSA) is 71.3 Å². The van der Waals surface area contributed by atoms with Crippen molar-refractivity contribution in [2.75, 3.05) is 10.6 Å². The summed E-state index contributed by atoms with van der Waals surface area (Å²) in [5.74, 6) is -0.748. The summed E-state index contributed by atoms with van der Waals surface area (Å²) in [4.78, 5) is 25.7. The number of nitrogens with one attached hydrogen (secondary N) is 2. The second-order valence-electron chi connectivity index (χ2n) is 6.53. The summed E-state index contributed by atoms with van der Waals surface area (Å²) in [7, 11) is 0. The maximum absolute atomic E-state index is 12.9. The largest absolute Gasteiger partial charge is 0.449 e. The van der Waals surface area contributed by atoms with E-state index in [0.29, 0.717) is 32.9 Å². The van der Waals surface area contributed by atoms with Crippen LogP contribution in [0, 0.1) is 6.92 Å². The quantitative estimate of drug-likeness (QED) is 0.445. The van der Waals surface area contributed by atoms with Crippen LogP contribution in [0.15, 0.2) is 77.2 Å². The fourth-order valence-corrected chi connectivity index (χ4v) is 3.19. The molecule has 0 saturated carbocycles. The Labute approximate surface area is 172 Å². The lowest BCUT2D eigenvalue weighted by Crippen LogP contribution is -2.17. The lowest BCUT2D eigenvalue weighted by Gasteiger charge is -2.09. The highest BCUT2D eigenvalue weighted by molar-refractivity contribution is 6.30. The van der Waals surface area contributed by atoms with Crippen LogP contribution in [-0.2, 0) is 0 Å². The van der Waals surface area contributed by atoms with Gasteiger partial charge in [-0.25, -0.2) is 0 Å². The van der Waals surface area contributed by atoms with Crippen molar-refractivity contribution < 1.29 is 14.0 Å². The normalized spacial score (nSPS) is 10.7. The van der Waals surface area contributed by atoms with E-state index in [4.69, 9.17) is 16.0 Å². The maximum atomic E-state index is 12.9. The number of fused-ring (bicyclic) bond motifs is 1. The molecule has 0 aliphatic rings. The molecular weight excluding hydrogens is 388 g/mol. The molecule has 3 aromatic carbocycles. The molecule has 29 heavy (non-hydrogen) atoms. The number of benzene rings is 3. The van der Waals surface area contributed by atoms with E-state index in [1.807, 2.05) is 25.1 Å². The van der Waals surface area contributed by atoms with Crippen molar-refractivity contribution in [2.24, 2.45) is 0 Å². The van der Waals surface area contributed by atoms with Crippen LogP contribution in [-0.4, -0.2) is 11.8 Å². The third-order valence-corrected chi connectivity index (χ3v) is 4.78. The maximum Gasteiger partial charge on any atom is 0.293 e. The van der Waals surface area contributed by atoms with E-state index in [1.165, 1.54) is 0 Å². The van der Waals surface area contributed by atoms with Crippen LogP contribution in [0.5, 0.6) is 0 Å². The van der Waals surface area contributed by atoms with Crippen molar-refractivity contribution in [2.45, 2.75) is 6.92 Å². The van der Waals surface area contributed by atoms with E-state index in [0.717, 1.165) is 5.56 Å². The number of hydrogen-bond donors (Lipinski definition) is 2. The molecule has 0 radical (unpaired) electrons. The molecule has 2 N–H and O–H groups in total. The van der Waals surface area contributed by atoms with E-state index in [-0.39, 0.29) is 11.7 Å². The second kappa shape index (κ2) is 7.81. The van der Waals surface area contributed by atoms with Gasteiger partial charge in [0.25, 0.3) is 11.8 Å². The minimum Gasteiger partial charge on any atom is -0.449 e. The Morgan fingerprint density at radius 3 is 2.28 bits per heavy atom. The average Bonchev–Trinajstić information content (AvgIpc) is 3.08.